The summed E-state index contributed by atoms with van der Waals surface area (Å²) in [5.74, 6) is 1.77. The predicted octanol–water partition coefficient (Wildman–Crippen LogP) is 2.16. The van der Waals surface area contributed by atoms with E-state index >= 15 is 0 Å². The van der Waals surface area contributed by atoms with Crippen molar-refractivity contribution < 1.29 is 0 Å². The molecule has 1 rings (SSSR count). The molecule has 0 saturated heterocycles. The van der Waals surface area contributed by atoms with Crippen LogP contribution in [0.1, 0.15) is 39.5 Å². The molecule has 0 aliphatic heterocycles. The van der Waals surface area contributed by atoms with Crippen molar-refractivity contribution in [2.75, 3.05) is 0 Å². The van der Waals surface area contributed by atoms with E-state index in [-0.39, 0.29) is 0 Å². The van der Waals surface area contributed by atoms with Gasteiger partial charge in [-0.15, -0.1) is 0 Å². The van der Waals surface area contributed by atoms with Gasteiger partial charge in [-0.3, -0.25) is 0 Å². The van der Waals surface area contributed by atoms with E-state index in [1.165, 1.54) is 25.7 Å². The highest BCUT2D eigenvalue weighted by atomic mass is 14.6. The van der Waals surface area contributed by atoms with E-state index in [1.807, 2.05) is 0 Å². The van der Waals surface area contributed by atoms with Gasteiger partial charge >= 0.3 is 0 Å². The van der Waals surface area contributed by atoms with E-state index in [1.54, 1.807) is 0 Å². The summed E-state index contributed by atoms with van der Waals surface area (Å²) < 4.78 is 0. The Morgan fingerprint density at radius 3 is 2.10 bits per heavy atom. The molecule has 1 aliphatic rings. The summed E-state index contributed by atoms with van der Waals surface area (Å²) in [6, 6.07) is 0.424. The third-order valence-electron chi connectivity index (χ3n) is 2.80. The fourth-order valence-electron chi connectivity index (χ4n) is 1.81. The number of nitrogens with two attached hydrogens (primary N) is 1. The lowest BCUT2D eigenvalue weighted by molar-refractivity contribution is 0.262. The minimum Gasteiger partial charge on any atom is -0.328 e. The van der Waals surface area contributed by atoms with E-state index in [9.17, 15) is 0 Å². The Kier molecular flexibility index (Phi) is 2.72. The van der Waals surface area contributed by atoms with Crippen molar-refractivity contribution in [2.24, 2.45) is 17.6 Å². The van der Waals surface area contributed by atoms with Crippen LogP contribution in [0.2, 0.25) is 0 Å². The molecule has 1 fully saturated rings. The van der Waals surface area contributed by atoms with E-state index < -0.39 is 0 Å². The van der Waals surface area contributed by atoms with Gasteiger partial charge in [0.1, 0.15) is 0 Å². The first-order valence-electron chi connectivity index (χ1n) is 4.45. The van der Waals surface area contributed by atoms with Gasteiger partial charge in [0.25, 0.3) is 0 Å². The zero-order chi connectivity index (χ0) is 7.56. The number of rotatable bonds is 1. The standard InChI is InChI=1S/C9H19N/c1-7-3-5-9(6-4-7)8(2)10/h7-9H,3-6,10H2,1-2H3. The average Bonchev–Trinajstić information content (AvgIpc) is 1.88. The van der Waals surface area contributed by atoms with Crippen LogP contribution in [0.5, 0.6) is 0 Å². The Labute approximate surface area is 64.0 Å². The Hall–Kier alpha value is -0.0400. The van der Waals surface area contributed by atoms with Crippen molar-refractivity contribution in [2.45, 2.75) is 45.6 Å². The summed E-state index contributed by atoms with van der Waals surface area (Å²) in [7, 11) is 0. The van der Waals surface area contributed by atoms with Gasteiger partial charge in [-0.05, 0) is 31.6 Å². The van der Waals surface area contributed by atoms with Gasteiger partial charge in [0.2, 0.25) is 0 Å². The highest BCUT2D eigenvalue weighted by Crippen LogP contribution is 2.29. The molecule has 0 bridgehead atoms. The maximum atomic E-state index is 5.81. The number of hydrogen-bond acceptors (Lipinski definition) is 1. The van der Waals surface area contributed by atoms with Crippen LogP contribution in [-0.4, -0.2) is 6.04 Å². The van der Waals surface area contributed by atoms with E-state index in [0.29, 0.717) is 6.04 Å². The molecule has 1 heteroatoms. The van der Waals surface area contributed by atoms with E-state index in [0.717, 1.165) is 11.8 Å². The monoisotopic (exact) mass is 141 g/mol. The largest absolute Gasteiger partial charge is 0.328 e. The van der Waals surface area contributed by atoms with Gasteiger partial charge in [-0.25, -0.2) is 0 Å². The molecular formula is C9H19N. The Morgan fingerprint density at radius 2 is 1.70 bits per heavy atom. The summed E-state index contributed by atoms with van der Waals surface area (Å²) in [4.78, 5) is 0. The zero-order valence-corrected chi connectivity index (χ0v) is 7.14. The maximum Gasteiger partial charge on any atom is 0.00387 e. The molecular weight excluding hydrogens is 122 g/mol. The molecule has 2 N–H and O–H groups in total. The topological polar surface area (TPSA) is 26.0 Å². The quantitative estimate of drug-likeness (QED) is 0.595. The van der Waals surface area contributed by atoms with E-state index in [2.05, 4.69) is 13.8 Å². The molecule has 60 valence electrons. The van der Waals surface area contributed by atoms with Crippen LogP contribution < -0.4 is 5.73 Å². The van der Waals surface area contributed by atoms with Crippen LogP contribution in [0.3, 0.4) is 0 Å². The Morgan fingerprint density at radius 1 is 1.20 bits per heavy atom. The summed E-state index contributed by atoms with van der Waals surface area (Å²) in [5, 5.41) is 0. The SMILES string of the molecule is CC1CCC(C(C)N)CC1. The van der Waals surface area contributed by atoms with Crippen LogP contribution in [0, 0.1) is 11.8 Å². The molecule has 1 nitrogen and oxygen atoms in total. The van der Waals surface area contributed by atoms with Crippen molar-refractivity contribution >= 4 is 0 Å². The second-order valence-corrected chi connectivity index (χ2v) is 3.88. The van der Waals surface area contributed by atoms with Crippen molar-refractivity contribution in [1.29, 1.82) is 0 Å². The molecule has 1 saturated carbocycles. The molecule has 1 unspecified atom stereocenters. The van der Waals surface area contributed by atoms with Crippen LogP contribution in [0.25, 0.3) is 0 Å². The second-order valence-electron chi connectivity index (χ2n) is 3.88. The summed E-state index contributed by atoms with van der Waals surface area (Å²) in [5.41, 5.74) is 5.81. The van der Waals surface area contributed by atoms with Gasteiger partial charge in [0, 0.05) is 6.04 Å². The first kappa shape index (κ1) is 8.06. The van der Waals surface area contributed by atoms with Crippen LogP contribution in [0.15, 0.2) is 0 Å². The molecule has 0 heterocycles. The molecule has 0 amide bonds. The van der Waals surface area contributed by atoms with E-state index in [4.69, 9.17) is 5.73 Å². The second kappa shape index (κ2) is 3.38. The van der Waals surface area contributed by atoms with Gasteiger partial charge in [0.15, 0.2) is 0 Å². The summed E-state index contributed by atoms with van der Waals surface area (Å²) >= 11 is 0. The average molecular weight is 141 g/mol. The summed E-state index contributed by atoms with van der Waals surface area (Å²) in [6.07, 6.45) is 5.51. The minimum atomic E-state index is 0.424. The highest BCUT2D eigenvalue weighted by molar-refractivity contribution is 4.75. The van der Waals surface area contributed by atoms with Crippen molar-refractivity contribution in [1.82, 2.24) is 0 Å². The van der Waals surface area contributed by atoms with Gasteiger partial charge in [-0.1, -0.05) is 19.8 Å². The zero-order valence-electron chi connectivity index (χ0n) is 7.14. The molecule has 1 aliphatic carbocycles. The minimum absolute atomic E-state index is 0.424. The van der Waals surface area contributed by atoms with Crippen molar-refractivity contribution in [3.05, 3.63) is 0 Å². The molecule has 1 atom stereocenters. The van der Waals surface area contributed by atoms with Crippen LogP contribution in [-0.2, 0) is 0 Å². The van der Waals surface area contributed by atoms with Gasteiger partial charge in [0.05, 0.1) is 0 Å². The third kappa shape index (κ3) is 1.98. The van der Waals surface area contributed by atoms with Crippen molar-refractivity contribution in [3.63, 3.8) is 0 Å². The van der Waals surface area contributed by atoms with Crippen LogP contribution in [0.4, 0.5) is 0 Å². The maximum absolute atomic E-state index is 5.81. The van der Waals surface area contributed by atoms with Gasteiger partial charge < -0.3 is 5.73 Å². The summed E-state index contributed by atoms with van der Waals surface area (Å²) in [6.45, 7) is 4.48. The van der Waals surface area contributed by atoms with Crippen molar-refractivity contribution in [3.8, 4) is 0 Å². The smallest absolute Gasteiger partial charge is 0.00387 e. The fraction of sp³-hybridized carbons (Fsp3) is 1.00. The normalized spacial score (nSPS) is 37.5. The molecule has 0 aromatic carbocycles. The third-order valence-corrected chi connectivity index (χ3v) is 2.80. The first-order valence-corrected chi connectivity index (χ1v) is 4.45. The Bertz CT molecular complexity index is 90.9. The van der Waals surface area contributed by atoms with Gasteiger partial charge in [-0.2, -0.15) is 0 Å². The lowest BCUT2D eigenvalue weighted by Crippen LogP contribution is -2.29. The lowest BCUT2D eigenvalue weighted by atomic mass is 9.80. The fourth-order valence-corrected chi connectivity index (χ4v) is 1.81. The highest BCUT2D eigenvalue weighted by Gasteiger charge is 2.20. The molecule has 0 aromatic heterocycles. The lowest BCUT2D eigenvalue weighted by Gasteiger charge is -2.28. The first-order chi connectivity index (χ1) is 4.70. The molecule has 0 aromatic rings. The molecule has 10 heavy (non-hydrogen) atoms. The molecule has 0 spiro atoms. The molecule has 0 radical (unpaired) electrons. The van der Waals surface area contributed by atoms with Crippen LogP contribution >= 0.6 is 0 Å². The number of hydrogen-bond donors (Lipinski definition) is 1. The predicted molar refractivity (Wildman–Crippen MR) is 44.8 cm³/mol. The Balaban J connectivity index is 2.26.